The molecule has 0 aliphatic heterocycles. The fourth-order valence-electron chi connectivity index (χ4n) is 2.71. The maximum Gasteiger partial charge on any atom is 0.311 e. The van der Waals surface area contributed by atoms with Gasteiger partial charge in [0, 0.05) is 20.1 Å². The summed E-state index contributed by atoms with van der Waals surface area (Å²) >= 11 is 0. The largest absolute Gasteiger partial charge is 0.493 e. The third-order valence-electron chi connectivity index (χ3n) is 4.42. The summed E-state index contributed by atoms with van der Waals surface area (Å²) in [6, 6.07) is 14.7. The number of amides is 1. The standard InChI is InChI=1S/C24H26N2O5/c1-17-4-6-18(7-5-17)9-11-23(27)31-21-10-8-19(15-22(21)30-3)14-20(16-25)24(28)26-12-13-29-2/h4-8,10,14-15H,9,11-13H2,1-3H3,(H,26,28)/b20-14+. The van der Waals surface area contributed by atoms with E-state index in [9.17, 15) is 14.9 Å². The van der Waals surface area contributed by atoms with E-state index >= 15 is 0 Å². The molecule has 0 atom stereocenters. The molecule has 0 aromatic heterocycles. The third-order valence-corrected chi connectivity index (χ3v) is 4.42. The van der Waals surface area contributed by atoms with Gasteiger partial charge in [-0.05, 0) is 42.7 Å². The lowest BCUT2D eigenvalue weighted by Crippen LogP contribution is -2.27. The average Bonchev–Trinajstić information content (AvgIpc) is 2.78. The van der Waals surface area contributed by atoms with Crippen molar-refractivity contribution in [1.29, 1.82) is 5.26 Å². The molecule has 7 heteroatoms. The molecule has 0 bridgehead atoms. The number of nitriles is 1. The Bertz CT molecular complexity index is 974. The molecule has 1 N–H and O–H groups in total. The Labute approximate surface area is 182 Å². The second-order valence-corrected chi connectivity index (χ2v) is 6.79. The first-order valence-corrected chi connectivity index (χ1v) is 9.80. The minimum absolute atomic E-state index is 0.0546. The zero-order valence-electron chi connectivity index (χ0n) is 17.9. The molecule has 2 aromatic carbocycles. The van der Waals surface area contributed by atoms with Gasteiger partial charge in [-0.3, -0.25) is 9.59 Å². The second-order valence-electron chi connectivity index (χ2n) is 6.79. The third kappa shape index (κ3) is 7.61. The number of ether oxygens (including phenoxy) is 3. The zero-order valence-corrected chi connectivity index (χ0v) is 17.9. The van der Waals surface area contributed by atoms with Gasteiger partial charge in [-0.2, -0.15) is 5.26 Å². The normalized spacial score (nSPS) is 10.8. The van der Waals surface area contributed by atoms with Gasteiger partial charge in [0.25, 0.3) is 5.91 Å². The summed E-state index contributed by atoms with van der Waals surface area (Å²) in [5.74, 6) is -0.270. The molecule has 0 spiro atoms. The lowest BCUT2D eigenvalue weighted by molar-refractivity contribution is -0.134. The van der Waals surface area contributed by atoms with Crippen LogP contribution in [0, 0.1) is 18.3 Å². The zero-order chi connectivity index (χ0) is 22.6. The van der Waals surface area contributed by atoms with Gasteiger partial charge in [0.2, 0.25) is 0 Å². The number of benzene rings is 2. The highest BCUT2D eigenvalue weighted by Gasteiger charge is 2.13. The van der Waals surface area contributed by atoms with Gasteiger partial charge in [0.05, 0.1) is 13.7 Å². The number of aryl methyl sites for hydroxylation is 2. The minimum Gasteiger partial charge on any atom is -0.493 e. The molecule has 0 aliphatic rings. The highest BCUT2D eigenvalue weighted by atomic mass is 16.6. The first-order chi connectivity index (χ1) is 15.0. The Hall–Kier alpha value is -3.63. The molecule has 2 aromatic rings. The Morgan fingerprint density at radius 1 is 1.10 bits per heavy atom. The summed E-state index contributed by atoms with van der Waals surface area (Å²) < 4.78 is 15.6. The van der Waals surface area contributed by atoms with Crippen LogP contribution in [0.25, 0.3) is 6.08 Å². The summed E-state index contributed by atoms with van der Waals surface area (Å²) in [5.41, 5.74) is 2.73. The molecule has 162 valence electrons. The summed E-state index contributed by atoms with van der Waals surface area (Å²) in [5, 5.41) is 11.9. The van der Waals surface area contributed by atoms with Crippen LogP contribution in [-0.4, -0.2) is 39.2 Å². The number of nitrogens with zero attached hydrogens (tertiary/aromatic N) is 1. The molecule has 0 saturated heterocycles. The fourth-order valence-corrected chi connectivity index (χ4v) is 2.71. The number of carbonyl (C=O) groups excluding carboxylic acids is 2. The predicted molar refractivity (Wildman–Crippen MR) is 117 cm³/mol. The van der Waals surface area contributed by atoms with Gasteiger partial charge in [0.1, 0.15) is 11.6 Å². The number of rotatable bonds is 10. The van der Waals surface area contributed by atoms with E-state index in [4.69, 9.17) is 14.2 Å². The van der Waals surface area contributed by atoms with Crippen LogP contribution < -0.4 is 14.8 Å². The Kier molecular flexibility index (Phi) is 9.27. The van der Waals surface area contributed by atoms with Crippen molar-refractivity contribution in [3.05, 3.63) is 64.7 Å². The molecule has 0 heterocycles. The van der Waals surface area contributed by atoms with Crippen molar-refractivity contribution in [3.8, 4) is 17.6 Å². The van der Waals surface area contributed by atoms with E-state index in [2.05, 4.69) is 5.32 Å². The van der Waals surface area contributed by atoms with Gasteiger partial charge >= 0.3 is 5.97 Å². The molecule has 2 rings (SSSR count). The quantitative estimate of drug-likeness (QED) is 0.208. The van der Waals surface area contributed by atoms with Gasteiger partial charge in [0.15, 0.2) is 11.5 Å². The van der Waals surface area contributed by atoms with E-state index in [-0.39, 0.29) is 23.7 Å². The van der Waals surface area contributed by atoms with Gasteiger partial charge in [-0.15, -0.1) is 0 Å². The van der Waals surface area contributed by atoms with Crippen molar-refractivity contribution in [2.45, 2.75) is 19.8 Å². The molecule has 0 radical (unpaired) electrons. The van der Waals surface area contributed by atoms with Crippen molar-refractivity contribution in [3.63, 3.8) is 0 Å². The van der Waals surface area contributed by atoms with Crippen molar-refractivity contribution >= 4 is 18.0 Å². The maximum atomic E-state index is 12.2. The van der Waals surface area contributed by atoms with Gasteiger partial charge < -0.3 is 19.5 Å². The van der Waals surface area contributed by atoms with E-state index in [1.807, 2.05) is 37.3 Å². The molecular weight excluding hydrogens is 396 g/mol. The highest BCUT2D eigenvalue weighted by Crippen LogP contribution is 2.29. The topological polar surface area (TPSA) is 97.6 Å². The van der Waals surface area contributed by atoms with Crippen LogP contribution in [0.15, 0.2) is 48.0 Å². The van der Waals surface area contributed by atoms with Crippen molar-refractivity contribution < 1.29 is 23.8 Å². The number of methoxy groups -OCH3 is 2. The summed E-state index contributed by atoms with van der Waals surface area (Å²) in [7, 11) is 2.98. The van der Waals surface area contributed by atoms with Crippen LogP contribution in [-0.2, 0) is 20.7 Å². The fraction of sp³-hybridized carbons (Fsp3) is 0.292. The Morgan fingerprint density at radius 3 is 2.48 bits per heavy atom. The number of nitrogens with one attached hydrogen (secondary N) is 1. The van der Waals surface area contributed by atoms with Crippen molar-refractivity contribution in [2.75, 3.05) is 27.4 Å². The molecule has 7 nitrogen and oxygen atoms in total. The van der Waals surface area contributed by atoms with E-state index in [1.165, 1.54) is 20.3 Å². The van der Waals surface area contributed by atoms with Crippen LogP contribution >= 0.6 is 0 Å². The van der Waals surface area contributed by atoms with Crippen LogP contribution in [0.2, 0.25) is 0 Å². The minimum atomic E-state index is -0.495. The van der Waals surface area contributed by atoms with Crippen LogP contribution in [0.4, 0.5) is 0 Å². The smallest absolute Gasteiger partial charge is 0.311 e. The number of carbonyl (C=O) groups is 2. The lowest BCUT2D eigenvalue weighted by Gasteiger charge is -2.10. The van der Waals surface area contributed by atoms with E-state index in [0.717, 1.165) is 11.1 Å². The molecule has 31 heavy (non-hydrogen) atoms. The van der Waals surface area contributed by atoms with Gasteiger partial charge in [-0.25, -0.2) is 0 Å². The Morgan fingerprint density at radius 2 is 1.84 bits per heavy atom. The van der Waals surface area contributed by atoms with E-state index in [0.29, 0.717) is 30.9 Å². The monoisotopic (exact) mass is 422 g/mol. The van der Waals surface area contributed by atoms with Crippen LogP contribution in [0.1, 0.15) is 23.1 Å². The predicted octanol–water partition coefficient (Wildman–Crippen LogP) is 3.21. The molecule has 0 aliphatic carbocycles. The molecular formula is C24H26N2O5. The lowest BCUT2D eigenvalue weighted by atomic mass is 10.1. The second kappa shape index (κ2) is 12.2. The molecule has 1 amide bonds. The maximum absolute atomic E-state index is 12.2. The summed E-state index contributed by atoms with van der Waals surface area (Å²) in [6.45, 7) is 2.66. The number of hydrogen-bond donors (Lipinski definition) is 1. The Balaban J connectivity index is 2.04. The molecule has 0 fully saturated rings. The van der Waals surface area contributed by atoms with Crippen LogP contribution in [0.5, 0.6) is 11.5 Å². The highest BCUT2D eigenvalue weighted by molar-refractivity contribution is 6.01. The average molecular weight is 422 g/mol. The van der Waals surface area contributed by atoms with Crippen molar-refractivity contribution in [2.24, 2.45) is 0 Å². The first-order valence-electron chi connectivity index (χ1n) is 9.80. The van der Waals surface area contributed by atoms with E-state index < -0.39 is 5.91 Å². The van der Waals surface area contributed by atoms with Gasteiger partial charge in [-0.1, -0.05) is 35.9 Å². The number of esters is 1. The van der Waals surface area contributed by atoms with Crippen molar-refractivity contribution in [1.82, 2.24) is 5.32 Å². The van der Waals surface area contributed by atoms with Crippen LogP contribution in [0.3, 0.4) is 0 Å². The molecule has 0 unspecified atom stereocenters. The molecule has 0 saturated carbocycles. The number of hydrogen-bond acceptors (Lipinski definition) is 6. The summed E-state index contributed by atoms with van der Waals surface area (Å²) in [6.07, 6.45) is 2.24. The van der Waals surface area contributed by atoms with E-state index in [1.54, 1.807) is 18.2 Å². The summed E-state index contributed by atoms with van der Waals surface area (Å²) in [4.78, 5) is 24.3. The SMILES string of the molecule is COCCNC(=O)/C(C#N)=C/c1ccc(OC(=O)CCc2ccc(C)cc2)c(OC)c1. The first kappa shape index (κ1) is 23.6.